The number of sulfone groups is 1. The molecule has 0 fully saturated rings. The maximum atomic E-state index is 13.2. The molecule has 7 nitrogen and oxygen atoms in total. The number of hydrogen-bond donors (Lipinski definition) is 1. The van der Waals surface area contributed by atoms with Crippen molar-refractivity contribution in [2.45, 2.75) is 37.6 Å². The molecule has 1 N–H and O–H groups in total. The van der Waals surface area contributed by atoms with Crippen molar-refractivity contribution in [1.29, 1.82) is 0 Å². The van der Waals surface area contributed by atoms with Gasteiger partial charge in [-0.3, -0.25) is 14.7 Å². The summed E-state index contributed by atoms with van der Waals surface area (Å²) in [4.78, 5) is 16.8. The molecular weight excluding hydrogens is 581 g/mol. The zero-order valence-electron chi connectivity index (χ0n) is 23.0. The highest BCUT2D eigenvalue weighted by Gasteiger charge is 2.35. The van der Waals surface area contributed by atoms with Crippen LogP contribution in [0.15, 0.2) is 101 Å². The van der Waals surface area contributed by atoms with Gasteiger partial charge in [-0.1, -0.05) is 60.7 Å². The van der Waals surface area contributed by atoms with E-state index < -0.39 is 33.5 Å². The summed E-state index contributed by atoms with van der Waals surface area (Å²) < 4.78 is 69.5. The topological polar surface area (TPSA) is 101 Å². The second-order valence-corrected chi connectivity index (χ2v) is 12.2. The number of benzene rings is 3. The molecule has 0 aliphatic heterocycles. The lowest BCUT2D eigenvalue weighted by Gasteiger charge is -2.24. The highest BCUT2D eigenvalue weighted by atomic mass is 32.2. The van der Waals surface area contributed by atoms with Crippen molar-refractivity contribution >= 4 is 26.6 Å². The summed E-state index contributed by atoms with van der Waals surface area (Å²) in [6.07, 6.45) is -1.98. The second-order valence-electron chi connectivity index (χ2n) is 10.3. The molecule has 11 heteroatoms. The van der Waals surface area contributed by atoms with Gasteiger partial charge in [-0.25, -0.2) is 8.42 Å². The Bertz CT molecular complexity index is 1880. The Morgan fingerprint density at radius 3 is 2.35 bits per heavy atom. The van der Waals surface area contributed by atoms with Gasteiger partial charge in [-0.05, 0) is 58.1 Å². The Morgan fingerprint density at radius 1 is 0.907 bits per heavy atom. The number of fused-ring (bicyclic) bond motifs is 1. The van der Waals surface area contributed by atoms with Crippen molar-refractivity contribution in [3.8, 4) is 11.1 Å². The third kappa shape index (κ3) is 7.12. The fourth-order valence-electron chi connectivity index (χ4n) is 4.94. The molecule has 0 aliphatic rings. The van der Waals surface area contributed by atoms with Crippen LogP contribution in [0, 0.1) is 6.92 Å². The van der Waals surface area contributed by atoms with Crippen LogP contribution in [0.1, 0.15) is 28.2 Å². The van der Waals surface area contributed by atoms with Crippen molar-refractivity contribution < 1.29 is 35.9 Å². The number of aromatic nitrogens is 1. The van der Waals surface area contributed by atoms with E-state index in [1.54, 1.807) is 12.1 Å². The first-order chi connectivity index (χ1) is 20.4. The third-order valence-electron chi connectivity index (χ3n) is 7.06. The van der Waals surface area contributed by atoms with Gasteiger partial charge in [-0.2, -0.15) is 13.2 Å². The summed E-state index contributed by atoms with van der Waals surface area (Å²) in [5.74, 6) is -3.35. The van der Waals surface area contributed by atoms with Crippen LogP contribution in [0.4, 0.5) is 13.2 Å². The number of nitrogens with zero attached hydrogens (tertiary/aromatic N) is 2. The number of aliphatic carboxylic acids is 1. The lowest BCUT2D eigenvalue weighted by molar-refractivity contribution is -0.153. The van der Waals surface area contributed by atoms with E-state index >= 15 is 0 Å². The van der Waals surface area contributed by atoms with Gasteiger partial charge < -0.3 is 9.52 Å². The van der Waals surface area contributed by atoms with Gasteiger partial charge in [0.05, 0.1) is 11.4 Å². The van der Waals surface area contributed by atoms with Gasteiger partial charge in [0, 0.05) is 31.0 Å². The quantitative estimate of drug-likeness (QED) is 0.184. The molecule has 5 rings (SSSR count). The summed E-state index contributed by atoms with van der Waals surface area (Å²) in [7, 11) is -4.05. The number of aryl methyl sites for hydroxylation is 1. The SMILES string of the molecule is Cc1ccc2ccccc2c1CN(Cc1ccc(-c2cncc(S(=O)(=O)CC(=O)O)c2)cc1)Cc1ccc(C(F)(F)F)o1. The number of halogens is 3. The van der Waals surface area contributed by atoms with Gasteiger partial charge in [0.15, 0.2) is 15.6 Å². The Kier molecular flexibility index (Phi) is 8.38. The number of hydrogen-bond acceptors (Lipinski definition) is 6. The highest BCUT2D eigenvalue weighted by Crippen LogP contribution is 2.32. The van der Waals surface area contributed by atoms with Crippen LogP contribution in [0.5, 0.6) is 0 Å². The molecule has 0 saturated carbocycles. The van der Waals surface area contributed by atoms with E-state index in [1.807, 2.05) is 60.4 Å². The number of pyridine rings is 1. The normalized spacial score (nSPS) is 12.2. The molecule has 43 heavy (non-hydrogen) atoms. The molecule has 0 aliphatic carbocycles. The van der Waals surface area contributed by atoms with Gasteiger partial charge in [0.2, 0.25) is 5.76 Å². The maximum absolute atomic E-state index is 13.2. The molecule has 0 amide bonds. The Morgan fingerprint density at radius 2 is 1.65 bits per heavy atom. The minimum atomic E-state index is -4.58. The van der Waals surface area contributed by atoms with E-state index in [2.05, 4.69) is 4.98 Å². The van der Waals surface area contributed by atoms with Crippen LogP contribution in [0.2, 0.25) is 0 Å². The van der Waals surface area contributed by atoms with Crippen LogP contribution in [-0.2, 0) is 40.4 Å². The van der Waals surface area contributed by atoms with E-state index in [-0.39, 0.29) is 17.2 Å². The van der Waals surface area contributed by atoms with Crippen molar-refractivity contribution in [3.05, 3.63) is 119 Å². The van der Waals surface area contributed by atoms with Crippen molar-refractivity contribution in [1.82, 2.24) is 9.88 Å². The highest BCUT2D eigenvalue weighted by molar-refractivity contribution is 7.92. The first-order valence-corrected chi connectivity index (χ1v) is 14.9. The Labute approximate surface area is 246 Å². The second kappa shape index (κ2) is 12.0. The number of carboxylic acids is 1. The minimum absolute atomic E-state index is 0.133. The molecule has 0 bridgehead atoms. The van der Waals surface area contributed by atoms with Crippen LogP contribution in [0.3, 0.4) is 0 Å². The first kappa shape index (κ1) is 30.0. The van der Waals surface area contributed by atoms with Crippen LogP contribution in [-0.4, -0.2) is 35.1 Å². The molecule has 2 heterocycles. The smallest absolute Gasteiger partial charge is 0.449 e. The summed E-state index contributed by atoms with van der Waals surface area (Å²) in [5, 5.41) is 11.0. The van der Waals surface area contributed by atoms with Gasteiger partial charge in [0.1, 0.15) is 5.76 Å². The molecular formula is C32H27F3N2O5S. The average molecular weight is 609 g/mol. The van der Waals surface area contributed by atoms with Crippen molar-refractivity contribution in [2.24, 2.45) is 0 Å². The first-order valence-electron chi connectivity index (χ1n) is 13.2. The molecule has 0 radical (unpaired) electrons. The van der Waals surface area contributed by atoms with E-state index in [4.69, 9.17) is 9.52 Å². The predicted octanol–water partition coefficient (Wildman–Crippen LogP) is 6.88. The molecule has 3 aromatic carbocycles. The number of alkyl halides is 3. The molecule has 0 saturated heterocycles. The fourth-order valence-corrected chi connectivity index (χ4v) is 5.96. The lowest BCUT2D eigenvalue weighted by Crippen LogP contribution is -2.23. The minimum Gasteiger partial charge on any atom is -0.480 e. The zero-order chi connectivity index (χ0) is 30.8. The number of carboxylic acid groups (broad SMARTS) is 1. The fraction of sp³-hybridized carbons (Fsp3) is 0.188. The summed E-state index contributed by atoms with van der Waals surface area (Å²) in [6.45, 7) is 2.97. The molecule has 0 spiro atoms. The average Bonchev–Trinajstić information content (AvgIpc) is 3.44. The van der Waals surface area contributed by atoms with E-state index in [1.165, 1.54) is 18.3 Å². The number of carbonyl (C=O) groups is 1. The van der Waals surface area contributed by atoms with Crippen LogP contribution < -0.4 is 0 Å². The van der Waals surface area contributed by atoms with Crippen LogP contribution in [0.25, 0.3) is 21.9 Å². The van der Waals surface area contributed by atoms with Crippen molar-refractivity contribution in [3.63, 3.8) is 0 Å². The molecule has 5 aromatic rings. The summed E-state index contributed by atoms with van der Waals surface area (Å²) in [6, 6.07) is 22.9. The third-order valence-corrected chi connectivity index (χ3v) is 8.62. The number of furan rings is 1. The molecule has 0 atom stereocenters. The summed E-state index contributed by atoms with van der Waals surface area (Å²) >= 11 is 0. The number of rotatable bonds is 10. The molecule has 222 valence electrons. The zero-order valence-corrected chi connectivity index (χ0v) is 23.8. The van der Waals surface area contributed by atoms with E-state index in [9.17, 15) is 26.4 Å². The standard InChI is InChI=1S/C32H27F3N2O5S/c1-21-6-9-24-4-2-3-5-28(24)29(21)19-37(18-26-12-13-30(42-26)32(33,34)35)17-22-7-10-23(11-8-22)25-14-27(16-36-15-25)43(40,41)20-31(38)39/h2-16H,17-20H2,1H3,(H,38,39). The van der Waals surface area contributed by atoms with Crippen LogP contribution >= 0.6 is 0 Å². The van der Waals surface area contributed by atoms with Gasteiger partial charge in [-0.15, -0.1) is 0 Å². The Balaban J connectivity index is 1.43. The molecule has 0 unspecified atom stereocenters. The Hall–Kier alpha value is -4.48. The van der Waals surface area contributed by atoms with Crippen molar-refractivity contribution in [2.75, 3.05) is 5.75 Å². The van der Waals surface area contributed by atoms with E-state index in [0.29, 0.717) is 24.2 Å². The molecule has 2 aromatic heterocycles. The lowest BCUT2D eigenvalue weighted by atomic mass is 9.99. The van der Waals surface area contributed by atoms with Gasteiger partial charge in [0.25, 0.3) is 0 Å². The largest absolute Gasteiger partial charge is 0.480 e. The van der Waals surface area contributed by atoms with Gasteiger partial charge >= 0.3 is 12.1 Å². The van der Waals surface area contributed by atoms with E-state index in [0.717, 1.165) is 39.7 Å². The maximum Gasteiger partial charge on any atom is 0.449 e. The summed E-state index contributed by atoms with van der Waals surface area (Å²) in [5.41, 5.74) is 4.15. The monoisotopic (exact) mass is 608 g/mol. The predicted molar refractivity (Wildman–Crippen MR) is 155 cm³/mol.